The molecule has 0 atom stereocenters. The number of isocyanates is 1. The standard InChI is InChI=1S/C15H11ClF3N7O.C8H3ClF3NO.C7H8N6.C7H5N5O2.C7H7N5.C6H6N2O2.ClH/c16-13-5-4-9(7-12(13)15(17,18)19)21-14(27)23-22-10-2-1-3-11(6-10)26-8-20-24-25-26;9-7-2-1-5(13-4-14)3-6(7)8(10,11)12;8-10-6-2-1-3-7(4-6)13-5-9-11-12-13;13-12(14)7-3-1-2-6(4-7)11-5-8-9-10-11;8-6-2-1-3-7(4-6)12-5-9-10-11-12;7-5-2-1-3-6(4-5)8(9)10;/h1-8,22H,(H2,21,23,27);1-3H;1-5,10H,8H2;1-5H;1-5H,8H2;1-4H,7H2;1H. The van der Waals surface area contributed by atoms with Crippen LogP contribution in [-0.4, -0.2) is 103 Å². The molecule has 0 bridgehead atoms. The van der Waals surface area contributed by atoms with Crippen molar-refractivity contribution in [1.82, 2.24) is 86.3 Å². The number of carbonyl (C=O) groups is 1. The number of nitro groups is 2. The van der Waals surface area contributed by atoms with Gasteiger partial charge in [-0.15, -0.1) is 32.8 Å². The third-order valence-corrected chi connectivity index (χ3v) is 11.2. The second-order valence-corrected chi connectivity index (χ2v) is 17.6. The fraction of sp³-hybridized carbons (Fsp3) is 0.0400. The first kappa shape index (κ1) is 69.6. The maximum absolute atomic E-state index is 12.8. The number of carbonyl (C=O) groups excluding carboxylic acids is 2. The number of nitro benzene ring substituents is 2. The zero-order chi connectivity index (χ0) is 65.2. The molecule has 11 aromatic rings. The number of alkyl halides is 6. The number of halogens is 9. The number of non-ortho nitro benzene ring substituents is 2. The number of aliphatic imine (C=N–C) groups is 1. The van der Waals surface area contributed by atoms with Gasteiger partial charge in [-0.1, -0.05) is 53.5 Å². The zero-order valence-electron chi connectivity index (χ0n) is 45.4. The van der Waals surface area contributed by atoms with E-state index < -0.39 is 49.4 Å². The summed E-state index contributed by atoms with van der Waals surface area (Å²) in [6.07, 6.45) is -2.21. The van der Waals surface area contributed by atoms with E-state index >= 15 is 0 Å². The topological polar surface area (TPSA) is 433 Å². The Kier molecular flexibility index (Phi) is 25.8. The average molecular weight is 1320 g/mol. The first-order valence-electron chi connectivity index (χ1n) is 24.4. The van der Waals surface area contributed by atoms with Crippen LogP contribution in [0.15, 0.2) is 188 Å². The van der Waals surface area contributed by atoms with Crippen LogP contribution < -0.4 is 38.9 Å². The monoisotopic (exact) mass is 1320 g/mol. The number of hydrazine groups is 2. The highest BCUT2D eigenvalue weighted by molar-refractivity contribution is 6.31. The van der Waals surface area contributed by atoms with E-state index in [1.807, 2.05) is 42.5 Å². The number of aromatic nitrogens is 16. The third kappa shape index (κ3) is 22.3. The number of nitrogens with one attached hydrogen (secondary N) is 4. The van der Waals surface area contributed by atoms with Gasteiger partial charge in [0.15, 0.2) is 0 Å². The van der Waals surface area contributed by atoms with Crippen molar-refractivity contribution in [2.75, 3.05) is 27.6 Å². The summed E-state index contributed by atoms with van der Waals surface area (Å²) in [6, 6.07) is 38.7. The van der Waals surface area contributed by atoms with Crippen molar-refractivity contribution in [3.63, 3.8) is 0 Å². The molecule has 2 amide bonds. The van der Waals surface area contributed by atoms with Gasteiger partial charge < -0.3 is 22.2 Å². The van der Waals surface area contributed by atoms with Gasteiger partial charge in [0.25, 0.3) is 11.4 Å². The number of nitrogens with two attached hydrogens (primary N) is 3. The molecule has 4 heterocycles. The number of benzene rings is 7. The van der Waals surface area contributed by atoms with E-state index in [0.29, 0.717) is 34.5 Å². The molecule has 0 spiro atoms. The second-order valence-electron chi connectivity index (χ2n) is 16.7. The summed E-state index contributed by atoms with van der Waals surface area (Å²) in [7, 11) is 0. The van der Waals surface area contributed by atoms with Crippen LogP contribution in [0.25, 0.3) is 22.7 Å². The van der Waals surface area contributed by atoms with E-state index in [1.165, 1.54) is 71.1 Å². The van der Waals surface area contributed by atoms with Crippen LogP contribution in [0, 0.1) is 20.2 Å². The molecule has 4 aromatic heterocycles. The molecule has 0 radical (unpaired) electrons. The zero-order valence-corrected chi connectivity index (χ0v) is 47.8. The summed E-state index contributed by atoms with van der Waals surface area (Å²) in [6.45, 7) is 0. The number of hydrogen-bond donors (Lipinski definition) is 7. The average Bonchev–Trinajstić information content (AvgIpc) is 3.55. The highest BCUT2D eigenvalue weighted by atomic mass is 35.5. The van der Waals surface area contributed by atoms with Gasteiger partial charge in [0.1, 0.15) is 25.3 Å². The lowest BCUT2D eigenvalue weighted by atomic mass is 10.2. The SMILES string of the molecule is Cl.NNc1cccc(-n2cnnn2)c1.Nc1cccc(-n2cnnn2)c1.Nc1cccc([N+](=O)[O-])c1.O=C(NNc1cccc(-n2cnnn2)c1)Nc1ccc(Cl)c(C(F)(F)F)c1.O=C=Nc1ccc(Cl)c(C(F)(F)F)c1.O=[N+]([O-])c1cccc(-n2cnnn2)c1. The molecule has 11 rings (SSSR count). The van der Waals surface area contributed by atoms with Crippen LogP contribution >= 0.6 is 35.6 Å². The third-order valence-electron chi connectivity index (χ3n) is 10.6. The smallest absolute Gasteiger partial charge is 0.399 e. The van der Waals surface area contributed by atoms with Gasteiger partial charge in [0.2, 0.25) is 6.08 Å². The highest BCUT2D eigenvalue weighted by Gasteiger charge is 2.34. The predicted molar refractivity (Wildman–Crippen MR) is 317 cm³/mol. The van der Waals surface area contributed by atoms with Gasteiger partial charge in [-0.25, -0.2) is 28.3 Å². The molecule has 470 valence electrons. The lowest BCUT2D eigenvalue weighted by Gasteiger charge is -2.13. The van der Waals surface area contributed by atoms with Crippen LogP contribution in [0.3, 0.4) is 0 Å². The fourth-order valence-electron chi connectivity index (χ4n) is 6.60. The number of urea groups is 1. The molecule has 32 nitrogen and oxygen atoms in total. The molecule has 10 N–H and O–H groups in total. The molecule has 0 aliphatic rings. The van der Waals surface area contributed by atoms with E-state index in [0.717, 1.165) is 41.3 Å². The van der Waals surface area contributed by atoms with Crippen molar-refractivity contribution in [2.24, 2.45) is 10.8 Å². The van der Waals surface area contributed by atoms with Gasteiger partial charge in [-0.3, -0.25) is 36.9 Å². The summed E-state index contributed by atoms with van der Waals surface area (Å²) in [5, 5.41) is 64.8. The first-order valence-corrected chi connectivity index (χ1v) is 25.1. The lowest BCUT2D eigenvalue weighted by Crippen LogP contribution is -2.33. The molecule has 0 aliphatic heterocycles. The summed E-state index contributed by atoms with van der Waals surface area (Å²) >= 11 is 10.9. The van der Waals surface area contributed by atoms with E-state index in [4.69, 9.17) is 40.5 Å². The summed E-state index contributed by atoms with van der Waals surface area (Å²) < 4.78 is 81.2. The van der Waals surface area contributed by atoms with E-state index in [2.05, 4.69) is 88.7 Å². The molecular formula is C50H41Cl3F6N26O6. The molecule has 0 saturated carbocycles. The Morgan fingerprint density at radius 3 is 1.36 bits per heavy atom. The second kappa shape index (κ2) is 33.7. The number of rotatable bonds is 11. The normalized spacial score (nSPS) is 10.3. The maximum atomic E-state index is 12.8. The Morgan fingerprint density at radius 2 is 0.934 bits per heavy atom. The molecule has 0 unspecified atom stereocenters. The molecular weight excluding hydrogens is 1280 g/mol. The number of hydrogen-bond acceptors (Lipinski definition) is 24. The van der Waals surface area contributed by atoms with Crippen molar-refractivity contribution in [2.45, 2.75) is 12.4 Å². The highest BCUT2D eigenvalue weighted by Crippen LogP contribution is 2.37. The summed E-state index contributed by atoms with van der Waals surface area (Å²) in [5.41, 5.74) is 21.5. The maximum Gasteiger partial charge on any atom is 0.417 e. The minimum absolute atomic E-state index is 0. The van der Waals surface area contributed by atoms with Crippen molar-refractivity contribution >= 4 is 93.2 Å². The van der Waals surface area contributed by atoms with E-state index in [9.17, 15) is 56.2 Å². The molecule has 0 aliphatic carbocycles. The Labute approximate surface area is 521 Å². The minimum Gasteiger partial charge on any atom is -0.399 e. The van der Waals surface area contributed by atoms with Crippen molar-refractivity contribution in [1.29, 1.82) is 0 Å². The number of tetrazole rings is 4. The quantitative estimate of drug-likeness (QED) is 0.0121. The minimum atomic E-state index is -4.62. The Hall–Kier alpha value is -12.1. The summed E-state index contributed by atoms with van der Waals surface area (Å²) in [5.74, 6) is 5.26. The molecule has 91 heavy (non-hydrogen) atoms. The van der Waals surface area contributed by atoms with Crippen molar-refractivity contribution in [3.05, 3.63) is 224 Å². The number of nitrogens with zero attached hydrogens (tertiary/aromatic N) is 19. The molecule has 7 aromatic carbocycles. The van der Waals surface area contributed by atoms with Crippen LogP contribution in [0.1, 0.15) is 11.1 Å². The Morgan fingerprint density at radius 1 is 0.527 bits per heavy atom. The lowest BCUT2D eigenvalue weighted by molar-refractivity contribution is -0.385. The summed E-state index contributed by atoms with van der Waals surface area (Å²) in [4.78, 5) is 44.4. The van der Waals surface area contributed by atoms with Gasteiger partial charge in [0.05, 0.1) is 70.8 Å². The van der Waals surface area contributed by atoms with Crippen molar-refractivity contribution in [3.8, 4) is 22.7 Å². The number of nitrogen functional groups attached to an aromatic ring is 3. The van der Waals surface area contributed by atoms with Crippen molar-refractivity contribution < 1.29 is 45.8 Å². The fourth-order valence-corrected chi connectivity index (χ4v) is 7.05. The van der Waals surface area contributed by atoms with Gasteiger partial charge in [-0.05, 0) is 145 Å². The molecule has 41 heteroatoms. The van der Waals surface area contributed by atoms with Crippen LogP contribution in [-0.2, 0) is 17.1 Å². The van der Waals surface area contributed by atoms with E-state index in [-0.39, 0.29) is 35.2 Å². The van der Waals surface area contributed by atoms with Gasteiger partial charge >= 0.3 is 18.4 Å². The van der Waals surface area contributed by atoms with Gasteiger partial charge in [-0.2, -0.15) is 31.3 Å². The Balaban J connectivity index is 0.000000205. The van der Waals surface area contributed by atoms with Crippen LogP contribution in [0.5, 0.6) is 0 Å². The number of amides is 2. The Bertz CT molecular complexity index is 4150. The van der Waals surface area contributed by atoms with Gasteiger partial charge in [0, 0.05) is 41.3 Å². The molecule has 0 fully saturated rings. The first-order chi connectivity index (χ1) is 43.0. The predicted octanol–water partition coefficient (Wildman–Crippen LogP) is 9.17. The van der Waals surface area contributed by atoms with Crippen LogP contribution in [0.2, 0.25) is 10.0 Å². The molecule has 0 saturated heterocycles. The van der Waals surface area contributed by atoms with E-state index in [1.54, 1.807) is 64.0 Å². The number of anilines is 5. The van der Waals surface area contributed by atoms with Crippen LogP contribution in [0.4, 0.5) is 76.6 Å². The largest absolute Gasteiger partial charge is 0.417 e.